The van der Waals surface area contributed by atoms with Crippen LogP contribution in [0.25, 0.3) is 5.57 Å². The van der Waals surface area contributed by atoms with Gasteiger partial charge < -0.3 is 9.32 Å². The summed E-state index contributed by atoms with van der Waals surface area (Å²) in [5.74, 6) is 0.103. The van der Waals surface area contributed by atoms with Gasteiger partial charge in [-0.15, -0.1) is 0 Å². The predicted octanol–water partition coefficient (Wildman–Crippen LogP) is 3.11. The highest BCUT2D eigenvalue weighted by molar-refractivity contribution is 6.30. The monoisotopic (exact) mass is 276 g/mol. The molecule has 0 bridgehead atoms. The molecule has 4 nitrogen and oxygen atoms in total. The van der Waals surface area contributed by atoms with Crippen LogP contribution in [0, 0.1) is 0 Å². The lowest BCUT2D eigenvalue weighted by molar-refractivity contribution is 0.103. The highest BCUT2D eigenvalue weighted by atomic mass is 35.5. The van der Waals surface area contributed by atoms with Crippen molar-refractivity contribution in [3.63, 3.8) is 0 Å². The van der Waals surface area contributed by atoms with Crippen molar-refractivity contribution in [1.82, 2.24) is 9.88 Å². The SMILES string of the molecule is CN(C)/C=C(/C(=O)c1ccco1)c1ccc(Cl)nc1. The fraction of sp³-hybridized carbons (Fsp3) is 0.143. The van der Waals surface area contributed by atoms with Crippen molar-refractivity contribution in [3.05, 3.63) is 59.4 Å². The molecule has 0 amide bonds. The molecule has 2 aromatic heterocycles. The van der Waals surface area contributed by atoms with Crippen molar-refractivity contribution in [2.45, 2.75) is 0 Å². The molecule has 0 aromatic carbocycles. The van der Waals surface area contributed by atoms with Crippen molar-refractivity contribution < 1.29 is 9.21 Å². The summed E-state index contributed by atoms with van der Waals surface area (Å²) in [6.45, 7) is 0. The van der Waals surface area contributed by atoms with Crippen molar-refractivity contribution in [2.24, 2.45) is 0 Å². The quantitative estimate of drug-likeness (QED) is 0.489. The van der Waals surface area contributed by atoms with Gasteiger partial charge in [0.25, 0.3) is 0 Å². The number of furan rings is 1. The molecule has 0 fully saturated rings. The molecule has 0 saturated carbocycles. The summed E-state index contributed by atoms with van der Waals surface area (Å²) in [7, 11) is 3.69. The summed E-state index contributed by atoms with van der Waals surface area (Å²) in [6.07, 6.45) is 4.77. The summed E-state index contributed by atoms with van der Waals surface area (Å²) < 4.78 is 5.15. The Morgan fingerprint density at radius 2 is 2.16 bits per heavy atom. The van der Waals surface area contributed by atoms with Crippen LogP contribution in [0.1, 0.15) is 16.1 Å². The number of hydrogen-bond acceptors (Lipinski definition) is 4. The molecule has 19 heavy (non-hydrogen) atoms. The van der Waals surface area contributed by atoms with Crippen LogP contribution in [-0.4, -0.2) is 29.8 Å². The third kappa shape index (κ3) is 3.23. The fourth-order valence-corrected chi connectivity index (χ4v) is 1.71. The molecule has 0 aliphatic heterocycles. The second kappa shape index (κ2) is 5.71. The van der Waals surface area contributed by atoms with E-state index < -0.39 is 0 Å². The Kier molecular flexibility index (Phi) is 4.02. The average Bonchev–Trinajstić information content (AvgIpc) is 2.90. The zero-order valence-electron chi connectivity index (χ0n) is 10.6. The maximum Gasteiger partial charge on any atom is 0.230 e. The number of ketones is 1. The second-order valence-electron chi connectivity index (χ2n) is 4.18. The van der Waals surface area contributed by atoms with E-state index in [0.717, 1.165) is 0 Å². The van der Waals surface area contributed by atoms with Crippen LogP contribution in [0.2, 0.25) is 5.15 Å². The molecule has 0 aliphatic carbocycles. The minimum atomic E-state index is -0.192. The highest BCUT2D eigenvalue weighted by Crippen LogP contribution is 2.21. The van der Waals surface area contributed by atoms with Crippen molar-refractivity contribution >= 4 is 23.0 Å². The van der Waals surface area contributed by atoms with Gasteiger partial charge >= 0.3 is 0 Å². The van der Waals surface area contributed by atoms with E-state index in [1.807, 2.05) is 14.1 Å². The van der Waals surface area contributed by atoms with Crippen LogP contribution in [0.5, 0.6) is 0 Å². The molecule has 0 aliphatic rings. The van der Waals surface area contributed by atoms with Crippen LogP contribution in [0.15, 0.2) is 47.3 Å². The summed E-state index contributed by atoms with van der Waals surface area (Å²) in [4.78, 5) is 18.2. The number of allylic oxidation sites excluding steroid dienone is 1. The molecule has 2 heterocycles. The Hall–Kier alpha value is -2.07. The Morgan fingerprint density at radius 1 is 1.37 bits per heavy atom. The minimum Gasteiger partial charge on any atom is -0.461 e. The van der Waals surface area contributed by atoms with Crippen LogP contribution < -0.4 is 0 Å². The van der Waals surface area contributed by atoms with E-state index in [1.54, 1.807) is 41.6 Å². The highest BCUT2D eigenvalue weighted by Gasteiger charge is 2.17. The zero-order valence-corrected chi connectivity index (χ0v) is 11.4. The molecular weight excluding hydrogens is 264 g/mol. The lowest BCUT2D eigenvalue weighted by atomic mass is 10.0. The number of halogens is 1. The first kappa shape index (κ1) is 13.4. The first-order valence-electron chi connectivity index (χ1n) is 5.66. The van der Waals surface area contributed by atoms with Gasteiger partial charge in [-0.1, -0.05) is 11.6 Å². The maximum absolute atomic E-state index is 12.4. The Labute approximate surface area is 116 Å². The van der Waals surface area contributed by atoms with E-state index in [-0.39, 0.29) is 5.78 Å². The number of rotatable bonds is 4. The summed E-state index contributed by atoms with van der Waals surface area (Å²) in [5.41, 5.74) is 1.20. The lowest BCUT2D eigenvalue weighted by Gasteiger charge is -2.10. The fourth-order valence-electron chi connectivity index (χ4n) is 1.60. The summed E-state index contributed by atoms with van der Waals surface area (Å²) in [5, 5.41) is 0.387. The van der Waals surface area contributed by atoms with E-state index in [0.29, 0.717) is 22.0 Å². The number of carbonyl (C=O) groups is 1. The molecule has 0 atom stereocenters. The molecule has 2 aromatic rings. The van der Waals surface area contributed by atoms with Gasteiger partial charge in [0.05, 0.1) is 11.8 Å². The van der Waals surface area contributed by atoms with Crippen molar-refractivity contribution in [1.29, 1.82) is 0 Å². The number of hydrogen-bond donors (Lipinski definition) is 0. The summed E-state index contributed by atoms with van der Waals surface area (Å²) in [6, 6.07) is 6.72. The van der Waals surface area contributed by atoms with Gasteiger partial charge in [0.1, 0.15) is 5.15 Å². The van der Waals surface area contributed by atoms with Gasteiger partial charge in [0.2, 0.25) is 5.78 Å². The number of Topliss-reactive ketones (excluding diaryl/α,β-unsaturated/α-hetero) is 1. The van der Waals surface area contributed by atoms with Gasteiger partial charge in [-0.25, -0.2) is 4.98 Å². The third-order valence-corrected chi connectivity index (χ3v) is 2.64. The zero-order chi connectivity index (χ0) is 13.8. The standard InChI is InChI=1S/C14H13ClN2O2/c1-17(2)9-11(10-5-6-13(15)16-8-10)14(18)12-4-3-7-19-12/h3-9H,1-2H3/b11-9+. The number of pyridine rings is 1. The van der Waals surface area contributed by atoms with Crippen molar-refractivity contribution in [3.8, 4) is 0 Å². The normalized spacial score (nSPS) is 11.4. The molecule has 98 valence electrons. The van der Waals surface area contributed by atoms with Crippen molar-refractivity contribution in [2.75, 3.05) is 14.1 Å². The third-order valence-electron chi connectivity index (χ3n) is 2.42. The smallest absolute Gasteiger partial charge is 0.230 e. The average molecular weight is 277 g/mol. The lowest BCUT2D eigenvalue weighted by Crippen LogP contribution is -2.09. The molecule has 0 saturated heterocycles. The number of nitrogens with zero attached hydrogens (tertiary/aromatic N) is 2. The van der Waals surface area contributed by atoms with Gasteiger partial charge in [-0.05, 0) is 24.3 Å². The molecular formula is C14H13ClN2O2. The largest absolute Gasteiger partial charge is 0.461 e. The predicted molar refractivity (Wildman–Crippen MR) is 73.9 cm³/mol. The van der Waals surface area contributed by atoms with Crippen LogP contribution in [0.4, 0.5) is 0 Å². The Balaban J connectivity index is 2.42. The molecule has 0 N–H and O–H groups in total. The Morgan fingerprint density at radius 3 is 2.68 bits per heavy atom. The first-order valence-corrected chi connectivity index (χ1v) is 6.04. The van der Waals surface area contributed by atoms with Gasteiger partial charge in [0.15, 0.2) is 5.76 Å². The van der Waals surface area contributed by atoms with Crippen LogP contribution in [0.3, 0.4) is 0 Å². The second-order valence-corrected chi connectivity index (χ2v) is 4.57. The van der Waals surface area contributed by atoms with E-state index >= 15 is 0 Å². The summed E-state index contributed by atoms with van der Waals surface area (Å²) >= 11 is 5.76. The minimum absolute atomic E-state index is 0.192. The van der Waals surface area contributed by atoms with E-state index in [1.165, 1.54) is 6.26 Å². The number of carbonyl (C=O) groups excluding carboxylic acids is 1. The topological polar surface area (TPSA) is 46.3 Å². The van der Waals surface area contributed by atoms with E-state index in [9.17, 15) is 4.79 Å². The van der Waals surface area contributed by atoms with E-state index in [4.69, 9.17) is 16.0 Å². The first-order chi connectivity index (χ1) is 9.08. The van der Waals surface area contributed by atoms with Crippen LogP contribution >= 0.6 is 11.6 Å². The molecule has 5 heteroatoms. The van der Waals surface area contributed by atoms with Crippen LogP contribution in [-0.2, 0) is 0 Å². The van der Waals surface area contributed by atoms with E-state index in [2.05, 4.69) is 4.98 Å². The maximum atomic E-state index is 12.4. The van der Waals surface area contributed by atoms with Gasteiger partial charge in [0, 0.05) is 32.1 Å². The van der Waals surface area contributed by atoms with Gasteiger partial charge in [-0.3, -0.25) is 4.79 Å². The Bertz CT molecular complexity index is 586. The van der Waals surface area contributed by atoms with Gasteiger partial charge in [-0.2, -0.15) is 0 Å². The molecule has 0 radical (unpaired) electrons. The number of aromatic nitrogens is 1. The molecule has 2 rings (SSSR count). The molecule has 0 spiro atoms. The molecule has 0 unspecified atom stereocenters.